The third-order valence-electron chi connectivity index (χ3n) is 6.26. The molecule has 39 heavy (non-hydrogen) atoms. The molecule has 0 fully saturated rings. The van der Waals surface area contributed by atoms with Crippen molar-refractivity contribution in [3.8, 4) is 5.75 Å². The van der Waals surface area contributed by atoms with Crippen LogP contribution < -0.4 is 14.4 Å². The maximum Gasteiger partial charge on any atom is 0.264 e. The Labute approximate surface area is 229 Å². The number of ether oxygens (including phenoxy) is 1. The van der Waals surface area contributed by atoms with E-state index in [4.69, 9.17) is 4.74 Å². The summed E-state index contributed by atoms with van der Waals surface area (Å²) in [6.07, 6.45) is 0.290. The van der Waals surface area contributed by atoms with E-state index in [9.17, 15) is 22.4 Å². The molecule has 0 spiro atoms. The Hall–Kier alpha value is -3.92. The predicted octanol–water partition coefficient (Wildman–Crippen LogP) is 4.28. The van der Waals surface area contributed by atoms with E-state index in [1.54, 1.807) is 57.4 Å². The topological polar surface area (TPSA) is 96.0 Å². The summed E-state index contributed by atoms with van der Waals surface area (Å²) in [5.74, 6) is -1.18. The third-order valence-corrected chi connectivity index (χ3v) is 8.03. The second-order valence-electron chi connectivity index (χ2n) is 8.96. The van der Waals surface area contributed by atoms with Gasteiger partial charge >= 0.3 is 0 Å². The summed E-state index contributed by atoms with van der Waals surface area (Å²) < 4.78 is 48.4. The SMILES string of the molecule is CCNC(=O)C(CC)N(Cc1ccc(OC)cc1)C(=O)CN(c1ccccc1F)S(=O)(=O)c1ccc(C)cc1. The van der Waals surface area contributed by atoms with Crippen LogP contribution in [-0.4, -0.2) is 51.4 Å². The Morgan fingerprint density at radius 3 is 2.18 bits per heavy atom. The number of benzene rings is 3. The lowest BCUT2D eigenvalue weighted by molar-refractivity contribution is -0.140. The number of halogens is 1. The Kier molecular flexibility index (Phi) is 10.1. The first-order valence-electron chi connectivity index (χ1n) is 12.7. The van der Waals surface area contributed by atoms with Crippen LogP contribution in [0.25, 0.3) is 0 Å². The van der Waals surface area contributed by atoms with Crippen LogP contribution in [0.3, 0.4) is 0 Å². The van der Waals surface area contributed by atoms with E-state index in [2.05, 4.69) is 5.32 Å². The van der Waals surface area contributed by atoms with Gasteiger partial charge in [0, 0.05) is 13.1 Å². The number of hydrogen-bond donors (Lipinski definition) is 1. The number of aryl methyl sites for hydroxylation is 1. The van der Waals surface area contributed by atoms with Crippen LogP contribution in [-0.2, 0) is 26.2 Å². The lowest BCUT2D eigenvalue weighted by Crippen LogP contribution is -2.52. The summed E-state index contributed by atoms with van der Waals surface area (Å²) in [5.41, 5.74) is 1.30. The van der Waals surface area contributed by atoms with Crippen molar-refractivity contribution in [2.75, 3.05) is 24.5 Å². The van der Waals surface area contributed by atoms with E-state index in [-0.39, 0.29) is 29.5 Å². The Morgan fingerprint density at radius 2 is 1.62 bits per heavy atom. The zero-order valence-corrected chi connectivity index (χ0v) is 23.4. The van der Waals surface area contributed by atoms with E-state index in [1.807, 2.05) is 6.92 Å². The van der Waals surface area contributed by atoms with Crippen LogP contribution in [0, 0.1) is 12.7 Å². The first kappa shape index (κ1) is 29.6. The molecule has 0 saturated carbocycles. The van der Waals surface area contributed by atoms with Gasteiger partial charge in [-0.15, -0.1) is 0 Å². The molecule has 0 radical (unpaired) electrons. The van der Waals surface area contributed by atoms with Gasteiger partial charge < -0.3 is 15.0 Å². The summed E-state index contributed by atoms with van der Waals surface area (Å²) in [5, 5.41) is 2.75. The number of methoxy groups -OCH3 is 1. The van der Waals surface area contributed by atoms with Gasteiger partial charge in [-0.25, -0.2) is 12.8 Å². The molecule has 1 N–H and O–H groups in total. The average Bonchev–Trinajstić information content (AvgIpc) is 2.92. The van der Waals surface area contributed by atoms with E-state index in [0.717, 1.165) is 15.9 Å². The zero-order valence-electron chi connectivity index (χ0n) is 22.6. The molecule has 0 saturated heterocycles. The number of amides is 2. The first-order chi connectivity index (χ1) is 18.6. The second-order valence-corrected chi connectivity index (χ2v) is 10.8. The smallest absolute Gasteiger partial charge is 0.264 e. The quantitative estimate of drug-likeness (QED) is 0.360. The Bertz CT molecular complexity index is 1380. The third kappa shape index (κ3) is 7.14. The van der Waals surface area contributed by atoms with Gasteiger partial charge in [0.05, 0.1) is 17.7 Å². The van der Waals surface area contributed by atoms with Crippen LogP contribution >= 0.6 is 0 Å². The van der Waals surface area contributed by atoms with E-state index in [0.29, 0.717) is 17.9 Å². The van der Waals surface area contributed by atoms with Gasteiger partial charge in [0.2, 0.25) is 11.8 Å². The number of carbonyl (C=O) groups is 2. The molecule has 0 bridgehead atoms. The van der Waals surface area contributed by atoms with Crippen molar-refractivity contribution in [3.05, 3.63) is 89.7 Å². The van der Waals surface area contributed by atoms with Crippen LogP contribution in [0.15, 0.2) is 77.7 Å². The summed E-state index contributed by atoms with van der Waals surface area (Å²) >= 11 is 0. The average molecular weight is 556 g/mol. The molecule has 2 amide bonds. The minimum absolute atomic E-state index is 0.0359. The Morgan fingerprint density at radius 1 is 0.974 bits per heavy atom. The maximum atomic E-state index is 15.0. The van der Waals surface area contributed by atoms with E-state index < -0.39 is 34.3 Å². The molecule has 3 aromatic rings. The van der Waals surface area contributed by atoms with Crippen molar-refractivity contribution in [2.24, 2.45) is 0 Å². The first-order valence-corrected chi connectivity index (χ1v) is 14.1. The monoisotopic (exact) mass is 555 g/mol. The lowest BCUT2D eigenvalue weighted by Gasteiger charge is -2.33. The summed E-state index contributed by atoms with van der Waals surface area (Å²) in [6, 6.07) is 17.6. The molecule has 0 aliphatic carbocycles. The largest absolute Gasteiger partial charge is 0.497 e. The molecule has 0 aromatic heterocycles. The molecule has 1 unspecified atom stereocenters. The molecule has 0 heterocycles. The highest BCUT2D eigenvalue weighted by molar-refractivity contribution is 7.92. The molecule has 3 rings (SSSR count). The van der Waals surface area contributed by atoms with Crippen molar-refractivity contribution < 1.29 is 27.1 Å². The van der Waals surface area contributed by atoms with Crippen LogP contribution in [0.2, 0.25) is 0 Å². The van der Waals surface area contributed by atoms with Crippen molar-refractivity contribution in [1.29, 1.82) is 0 Å². The molecule has 1 atom stereocenters. The van der Waals surface area contributed by atoms with Gasteiger partial charge in [0.25, 0.3) is 10.0 Å². The van der Waals surface area contributed by atoms with Crippen molar-refractivity contribution in [2.45, 2.75) is 44.7 Å². The number of hydrogen-bond acceptors (Lipinski definition) is 5. The summed E-state index contributed by atoms with van der Waals surface area (Å²) in [7, 11) is -2.80. The normalized spacial score (nSPS) is 11.9. The number of anilines is 1. The molecule has 208 valence electrons. The molecule has 0 aliphatic heterocycles. The summed E-state index contributed by atoms with van der Waals surface area (Å²) in [4.78, 5) is 28.1. The summed E-state index contributed by atoms with van der Waals surface area (Å²) in [6.45, 7) is 5.05. The Balaban J connectivity index is 2.06. The molecule has 0 aliphatic rings. The van der Waals surface area contributed by atoms with Crippen molar-refractivity contribution >= 4 is 27.5 Å². The van der Waals surface area contributed by atoms with E-state index >= 15 is 0 Å². The van der Waals surface area contributed by atoms with Gasteiger partial charge in [-0.1, -0.05) is 48.9 Å². The number of nitrogens with one attached hydrogen (secondary N) is 1. The van der Waals surface area contributed by atoms with Crippen LogP contribution in [0.5, 0.6) is 5.75 Å². The van der Waals surface area contributed by atoms with E-state index in [1.165, 1.54) is 35.2 Å². The molecule has 3 aromatic carbocycles. The van der Waals surface area contributed by atoms with Gasteiger partial charge in [-0.2, -0.15) is 0 Å². The maximum absolute atomic E-state index is 15.0. The number of para-hydroxylation sites is 1. The number of carbonyl (C=O) groups excluding carboxylic acids is 2. The minimum Gasteiger partial charge on any atom is -0.497 e. The fourth-order valence-electron chi connectivity index (χ4n) is 4.14. The highest BCUT2D eigenvalue weighted by Crippen LogP contribution is 2.27. The highest BCUT2D eigenvalue weighted by atomic mass is 32.2. The second kappa shape index (κ2) is 13.2. The fraction of sp³-hybridized carbons (Fsp3) is 0.310. The van der Waals surface area contributed by atoms with Gasteiger partial charge in [0.1, 0.15) is 24.2 Å². The standard InChI is InChI=1S/C29H34FN3O5S/c1-5-26(29(35)31-6-2)32(19-22-13-15-23(38-4)16-14-22)28(34)20-33(27-10-8-7-9-25(27)30)39(36,37)24-17-11-21(3)12-18-24/h7-18,26H,5-6,19-20H2,1-4H3,(H,31,35). The molecular weight excluding hydrogens is 521 g/mol. The molecular formula is C29H34FN3O5S. The lowest BCUT2D eigenvalue weighted by atomic mass is 10.1. The zero-order chi connectivity index (χ0) is 28.6. The van der Waals surface area contributed by atoms with Crippen molar-refractivity contribution in [3.63, 3.8) is 0 Å². The van der Waals surface area contributed by atoms with Gasteiger partial charge in [-0.3, -0.25) is 13.9 Å². The number of rotatable bonds is 12. The number of sulfonamides is 1. The predicted molar refractivity (Wildman–Crippen MR) is 148 cm³/mol. The van der Waals surface area contributed by atoms with Crippen molar-refractivity contribution in [1.82, 2.24) is 10.2 Å². The number of likely N-dealkylation sites (N-methyl/N-ethyl adjacent to an activating group) is 1. The minimum atomic E-state index is -4.34. The fourth-order valence-corrected chi connectivity index (χ4v) is 5.57. The van der Waals surface area contributed by atoms with Crippen LogP contribution in [0.1, 0.15) is 31.4 Å². The number of nitrogens with zero attached hydrogens (tertiary/aromatic N) is 2. The van der Waals surface area contributed by atoms with Gasteiger partial charge in [0.15, 0.2) is 0 Å². The highest BCUT2D eigenvalue weighted by Gasteiger charge is 2.34. The van der Waals surface area contributed by atoms with Crippen LogP contribution in [0.4, 0.5) is 10.1 Å². The molecule has 10 heteroatoms. The molecule has 8 nitrogen and oxygen atoms in total. The van der Waals surface area contributed by atoms with Gasteiger partial charge in [-0.05, 0) is 62.2 Å².